The zero-order chi connectivity index (χ0) is 12.0. The molecule has 0 fully saturated rings. The molecule has 3 rings (SSSR count). The highest BCUT2D eigenvalue weighted by Crippen LogP contribution is 2.41. The molecule has 17 heavy (non-hydrogen) atoms. The van der Waals surface area contributed by atoms with Crippen molar-refractivity contribution in [2.24, 2.45) is 7.05 Å². The molecule has 1 atom stereocenters. The molecule has 0 radical (unpaired) electrons. The third-order valence-electron chi connectivity index (χ3n) is 3.19. The second-order valence-corrected chi connectivity index (χ2v) is 6.23. The van der Waals surface area contributed by atoms with Gasteiger partial charge in [-0.25, -0.2) is 0 Å². The van der Waals surface area contributed by atoms with Gasteiger partial charge in [0.25, 0.3) is 0 Å². The van der Waals surface area contributed by atoms with Crippen LogP contribution in [0, 0.1) is 6.92 Å². The van der Waals surface area contributed by atoms with Crippen LogP contribution in [0.1, 0.15) is 28.6 Å². The summed E-state index contributed by atoms with van der Waals surface area (Å²) in [4.78, 5) is 1.43. The van der Waals surface area contributed by atoms with Crippen molar-refractivity contribution in [2.45, 2.75) is 25.8 Å². The Kier molecular flexibility index (Phi) is 2.64. The number of aromatic nitrogens is 2. The largest absolute Gasteiger partial charge is 0.375 e. The first-order valence-electron chi connectivity index (χ1n) is 5.68. The van der Waals surface area contributed by atoms with Gasteiger partial charge in [0, 0.05) is 18.1 Å². The van der Waals surface area contributed by atoms with Crippen molar-refractivity contribution in [3.05, 3.63) is 32.7 Å². The van der Waals surface area contributed by atoms with E-state index in [-0.39, 0.29) is 0 Å². The molecule has 90 valence electrons. The van der Waals surface area contributed by atoms with Crippen molar-refractivity contribution in [3.8, 4) is 0 Å². The van der Waals surface area contributed by atoms with Crippen LogP contribution in [-0.2, 0) is 13.5 Å². The summed E-state index contributed by atoms with van der Waals surface area (Å²) < 4.78 is 2.73. The lowest BCUT2D eigenvalue weighted by Crippen LogP contribution is -2.06. The lowest BCUT2D eigenvalue weighted by Gasteiger charge is -2.13. The third kappa shape index (κ3) is 1.96. The molecule has 3 nitrogen and oxygen atoms in total. The molecule has 1 aliphatic rings. The molecule has 0 amide bonds. The van der Waals surface area contributed by atoms with Gasteiger partial charge in [0.15, 0.2) is 0 Å². The molecular weight excluding hydrogens is 254 g/mol. The van der Waals surface area contributed by atoms with Crippen molar-refractivity contribution in [2.75, 3.05) is 5.32 Å². The van der Waals surface area contributed by atoms with E-state index in [1.807, 2.05) is 24.9 Å². The second kappa shape index (κ2) is 4.03. The molecule has 1 N–H and O–H groups in total. The molecule has 0 saturated heterocycles. The van der Waals surface area contributed by atoms with E-state index in [0.717, 1.165) is 28.6 Å². The number of fused-ring (bicyclic) bond motifs is 1. The van der Waals surface area contributed by atoms with Crippen LogP contribution in [-0.4, -0.2) is 9.78 Å². The number of thiophene rings is 1. The SMILES string of the molecule is Cc1nn(C)cc1NC1CCc2sc(Cl)cc21. The molecule has 0 saturated carbocycles. The van der Waals surface area contributed by atoms with Crippen molar-refractivity contribution in [1.82, 2.24) is 9.78 Å². The maximum Gasteiger partial charge on any atom is 0.0934 e. The smallest absolute Gasteiger partial charge is 0.0934 e. The average molecular weight is 268 g/mol. The number of nitrogens with zero attached hydrogens (tertiary/aromatic N) is 2. The quantitative estimate of drug-likeness (QED) is 0.902. The summed E-state index contributed by atoms with van der Waals surface area (Å²) in [6, 6.07) is 2.48. The fraction of sp³-hybridized carbons (Fsp3) is 0.417. The second-order valence-electron chi connectivity index (χ2n) is 4.47. The summed E-state index contributed by atoms with van der Waals surface area (Å²) in [6.07, 6.45) is 4.30. The van der Waals surface area contributed by atoms with E-state index < -0.39 is 0 Å². The van der Waals surface area contributed by atoms with Crippen LogP contribution in [0.5, 0.6) is 0 Å². The first-order chi connectivity index (χ1) is 8.13. The summed E-state index contributed by atoms with van der Waals surface area (Å²) in [5, 5.41) is 7.91. The number of halogens is 1. The lowest BCUT2D eigenvalue weighted by molar-refractivity contribution is 0.755. The number of hydrogen-bond donors (Lipinski definition) is 1. The summed E-state index contributed by atoms with van der Waals surface area (Å²) in [5.41, 5.74) is 3.53. The molecule has 0 aromatic carbocycles. The van der Waals surface area contributed by atoms with E-state index in [2.05, 4.69) is 16.5 Å². The number of hydrogen-bond acceptors (Lipinski definition) is 3. The Labute approximate surface area is 109 Å². The molecule has 0 spiro atoms. The van der Waals surface area contributed by atoms with Crippen LogP contribution in [0.2, 0.25) is 4.34 Å². The average Bonchev–Trinajstić information content (AvgIpc) is 2.86. The van der Waals surface area contributed by atoms with Crippen LogP contribution in [0.25, 0.3) is 0 Å². The summed E-state index contributed by atoms with van der Waals surface area (Å²) in [5.74, 6) is 0. The molecular formula is C12H14ClN3S. The Balaban J connectivity index is 1.85. The maximum atomic E-state index is 6.06. The number of aryl methyl sites for hydroxylation is 3. The molecule has 0 bridgehead atoms. The number of nitrogens with one attached hydrogen (secondary N) is 1. The molecule has 2 aromatic heterocycles. The zero-order valence-electron chi connectivity index (χ0n) is 9.83. The molecule has 2 aromatic rings. The predicted octanol–water partition coefficient (Wildman–Crippen LogP) is 3.54. The minimum atomic E-state index is 0.386. The van der Waals surface area contributed by atoms with E-state index in [0.29, 0.717) is 6.04 Å². The van der Waals surface area contributed by atoms with Gasteiger partial charge in [0.1, 0.15) is 0 Å². The Morgan fingerprint density at radius 2 is 2.41 bits per heavy atom. The van der Waals surface area contributed by atoms with Crippen LogP contribution < -0.4 is 5.32 Å². The topological polar surface area (TPSA) is 29.9 Å². The van der Waals surface area contributed by atoms with E-state index >= 15 is 0 Å². The Morgan fingerprint density at radius 1 is 1.59 bits per heavy atom. The van der Waals surface area contributed by atoms with Gasteiger partial charge in [-0.1, -0.05) is 11.6 Å². The molecule has 1 unspecified atom stereocenters. The van der Waals surface area contributed by atoms with Gasteiger partial charge >= 0.3 is 0 Å². The molecule has 0 aliphatic heterocycles. The highest BCUT2D eigenvalue weighted by molar-refractivity contribution is 7.16. The van der Waals surface area contributed by atoms with E-state index in [9.17, 15) is 0 Å². The van der Waals surface area contributed by atoms with Crippen molar-refractivity contribution in [3.63, 3.8) is 0 Å². The molecule has 2 heterocycles. The van der Waals surface area contributed by atoms with Crippen molar-refractivity contribution in [1.29, 1.82) is 0 Å². The highest BCUT2D eigenvalue weighted by atomic mass is 35.5. The Morgan fingerprint density at radius 3 is 3.12 bits per heavy atom. The standard InChI is InChI=1S/C12H14ClN3S/c1-7-10(6-16(2)15-7)14-9-3-4-11-8(9)5-12(13)17-11/h5-6,9,14H,3-4H2,1-2H3. The number of anilines is 1. The number of rotatable bonds is 2. The minimum absolute atomic E-state index is 0.386. The van der Waals surface area contributed by atoms with E-state index in [1.54, 1.807) is 11.3 Å². The fourth-order valence-electron chi connectivity index (χ4n) is 2.41. The lowest BCUT2D eigenvalue weighted by atomic mass is 10.1. The van der Waals surface area contributed by atoms with Crippen molar-refractivity contribution >= 4 is 28.6 Å². The predicted molar refractivity (Wildman–Crippen MR) is 72.0 cm³/mol. The normalized spacial score (nSPS) is 18.4. The monoisotopic (exact) mass is 267 g/mol. The van der Waals surface area contributed by atoms with E-state index in [1.165, 1.54) is 10.4 Å². The van der Waals surface area contributed by atoms with Gasteiger partial charge in [-0.15, -0.1) is 11.3 Å². The summed E-state index contributed by atoms with van der Waals surface area (Å²) >= 11 is 7.76. The van der Waals surface area contributed by atoms with Crippen LogP contribution >= 0.6 is 22.9 Å². The third-order valence-corrected chi connectivity index (χ3v) is 4.53. The zero-order valence-corrected chi connectivity index (χ0v) is 11.4. The Hall–Kier alpha value is -1.00. The Bertz CT molecular complexity index is 558. The summed E-state index contributed by atoms with van der Waals surface area (Å²) in [6.45, 7) is 2.03. The van der Waals surface area contributed by atoms with Gasteiger partial charge in [-0.2, -0.15) is 5.10 Å². The molecule has 1 aliphatic carbocycles. The maximum absolute atomic E-state index is 6.06. The fourth-order valence-corrected chi connectivity index (χ4v) is 3.77. The molecule has 5 heteroatoms. The van der Waals surface area contributed by atoms with Crippen molar-refractivity contribution < 1.29 is 0 Å². The minimum Gasteiger partial charge on any atom is -0.375 e. The van der Waals surface area contributed by atoms with Gasteiger partial charge in [-0.05, 0) is 31.4 Å². The van der Waals surface area contributed by atoms with Gasteiger partial charge in [0.2, 0.25) is 0 Å². The first-order valence-corrected chi connectivity index (χ1v) is 6.88. The van der Waals surface area contributed by atoms with Crippen LogP contribution in [0.4, 0.5) is 5.69 Å². The highest BCUT2D eigenvalue weighted by Gasteiger charge is 2.25. The summed E-state index contributed by atoms with van der Waals surface area (Å²) in [7, 11) is 1.94. The van der Waals surface area contributed by atoms with E-state index in [4.69, 9.17) is 11.6 Å². The first kappa shape index (κ1) is 11.1. The van der Waals surface area contributed by atoms with Crippen LogP contribution in [0.15, 0.2) is 12.3 Å². The van der Waals surface area contributed by atoms with Crippen LogP contribution in [0.3, 0.4) is 0 Å². The van der Waals surface area contributed by atoms with Gasteiger partial charge in [0.05, 0.1) is 21.8 Å². The van der Waals surface area contributed by atoms with Gasteiger partial charge < -0.3 is 5.32 Å². The van der Waals surface area contributed by atoms with Gasteiger partial charge in [-0.3, -0.25) is 4.68 Å².